The van der Waals surface area contributed by atoms with Crippen LogP contribution >= 0.6 is 0 Å². The molecular weight excluding hydrogens is 287 g/mol. The third-order valence-electron chi connectivity index (χ3n) is 3.36. The number of carboxylic acids is 1. The molecule has 1 amide bonds. The van der Waals surface area contributed by atoms with E-state index < -0.39 is 29.8 Å². The number of halogens is 1. The molecule has 4 N–H and O–H groups in total. The summed E-state index contributed by atoms with van der Waals surface area (Å²) in [6.07, 6.45) is 1.38. The average molecular weight is 310 g/mol. The van der Waals surface area contributed by atoms with E-state index in [0.29, 0.717) is 17.9 Å². The molecule has 1 rings (SSSR count). The Labute approximate surface area is 129 Å². The summed E-state index contributed by atoms with van der Waals surface area (Å²) in [5.41, 5.74) is 6.40. The molecule has 0 radical (unpaired) electrons. The molecule has 0 aliphatic heterocycles. The fourth-order valence-electron chi connectivity index (χ4n) is 1.98. The lowest BCUT2D eigenvalue weighted by Crippen LogP contribution is -2.49. The molecule has 0 aliphatic carbocycles. The summed E-state index contributed by atoms with van der Waals surface area (Å²) in [6, 6.07) is 3.70. The number of carbonyl (C=O) groups excluding carboxylic acids is 1. The van der Waals surface area contributed by atoms with Crippen LogP contribution in [-0.4, -0.2) is 29.1 Å². The van der Waals surface area contributed by atoms with Gasteiger partial charge in [-0.05, 0) is 36.5 Å². The van der Waals surface area contributed by atoms with Crippen molar-refractivity contribution in [3.05, 3.63) is 35.6 Å². The molecule has 0 saturated heterocycles. The van der Waals surface area contributed by atoms with Gasteiger partial charge in [0, 0.05) is 6.42 Å². The van der Waals surface area contributed by atoms with Crippen LogP contribution in [0.4, 0.5) is 4.39 Å². The van der Waals surface area contributed by atoms with Crippen molar-refractivity contribution in [1.29, 1.82) is 0 Å². The van der Waals surface area contributed by atoms with Crippen LogP contribution in [0.2, 0.25) is 0 Å². The van der Waals surface area contributed by atoms with E-state index in [1.165, 1.54) is 24.3 Å². The van der Waals surface area contributed by atoms with Crippen molar-refractivity contribution in [2.75, 3.05) is 0 Å². The number of carbonyl (C=O) groups is 2. The lowest BCUT2D eigenvalue weighted by atomic mass is 10.0. The molecule has 6 heteroatoms. The van der Waals surface area contributed by atoms with Crippen LogP contribution in [0.5, 0.6) is 0 Å². The van der Waals surface area contributed by atoms with Gasteiger partial charge in [0.25, 0.3) is 0 Å². The van der Waals surface area contributed by atoms with E-state index in [2.05, 4.69) is 5.32 Å². The maximum absolute atomic E-state index is 12.8. The first-order valence-electron chi connectivity index (χ1n) is 7.32. The summed E-state index contributed by atoms with van der Waals surface area (Å²) in [5, 5.41) is 11.7. The molecule has 122 valence electrons. The van der Waals surface area contributed by atoms with E-state index in [1.54, 1.807) is 0 Å². The molecule has 2 atom stereocenters. The molecule has 0 unspecified atom stereocenters. The zero-order valence-corrected chi connectivity index (χ0v) is 12.9. The summed E-state index contributed by atoms with van der Waals surface area (Å²) in [6.45, 7) is 4.05. The van der Waals surface area contributed by atoms with Crippen molar-refractivity contribution in [1.82, 2.24) is 5.32 Å². The van der Waals surface area contributed by atoms with Gasteiger partial charge in [-0.1, -0.05) is 26.0 Å². The number of hydrogen-bond acceptors (Lipinski definition) is 3. The monoisotopic (exact) mass is 310 g/mol. The molecule has 0 heterocycles. The maximum atomic E-state index is 12.8. The Balaban J connectivity index is 2.62. The number of amides is 1. The van der Waals surface area contributed by atoms with Crippen molar-refractivity contribution < 1.29 is 19.1 Å². The number of rotatable bonds is 8. The summed E-state index contributed by atoms with van der Waals surface area (Å²) in [5.74, 6) is -1.59. The summed E-state index contributed by atoms with van der Waals surface area (Å²) in [7, 11) is 0. The Morgan fingerprint density at radius 2 is 1.82 bits per heavy atom. The number of nitrogens with one attached hydrogen (secondary N) is 1. The molecule has 22 heavy (non-hydrogen) atoms. The van der Waals surface area contributed by atoms with Gasteiger partial charge < -0.3 is 16.2 Å². The molecule has 5 nitrogen and oxygen atoms in total. The Hall–Kier alpha value is -1.95. The first-order chi connectivity index (χ1) is 10.3. The van der Waals surface area contributed by atoms with Crippen molar-refractivity contribution in [2.45, 2.75) is 45.2 Å². The van der Waals surface area contributed by atoms with Gasteiger partial charge in [-0.25, -0.2) is 9.18 Å². The molecule has 0 fully saturated rings. The second kappa shape index (κ2) is 8.48. The van der Waals surface area contributed by atoms with E-state index in [0.717, 1.165) is 6.42 Å². The zero-order valence-electron chi connectivity index (χ0n) is 12.9. The van der Waals surface area contributed by atoms with Crippen LogP contribution in [0.25, 0.3) is 0 Å². The third-order valence-corrected chi connectivity index (χ3v) is 3.36. The SMILES string of the molecule is CC(C)CC[C@H](N)C(=O)N[C@@H](Cc1ccc(F)cc1)C(=O)O. The standard InChI is InChI=1S/C16H23FN2O3/c1-10(2)3-8-13(18)15(20)19-14(16(21)22)9-11-4-6-12(17)7-5-11/h4-7,10,13-14H,3,8-9,18H2,1-2H3,(H,19,20)(H,21,22)/t13-,14-/m0/s1. The predicted molar refractivity (Wildman–Crippen MR) is 81.7 cm³/mol. The van der Waals surface area contributed by atoms with Gasteiger partial charge >= 0.3 is 5.97 Å². The van der Waals surface area contributed by atoms with E-state index in [1.807, 2.05) is 13.8 Å². The van der Waals surface area contributed by atoms with Gasteiger partial charge in [0.05, 0.1) is 6.04 Å². The number of aliphatic carboxylic acids is 1. The largest absolute Gasteiger partial charge is 0.480 e. The summed E-state index contributed by atoms with van der Waals surface area (Å²) in [4.78, 5) is 23.2. The van der Waals surface area contributed by atoms with Crippen LogP contribution in [0, 0.1) is 11.7 Å². The highest BCUT2D eigenvalue weighted by Crippen LogP contribution is 2.08. The first-order valence-corrected chi connectivity index (χ1v) is 7.32. The Morgan fingerprint density at radius 3 is 2.32 bits per heavy atom. The van der Waals surface area contributed by atoms with Gasteiger partial charge in [0.1, 0.15) is 11.9 Å². The predicted octanol–water partition coefficient (Wildman–Crippen LogP) is 1.70. The highest BCUT2D eigenvalue weighted by atomic mass is 19.1. The third kappa shape index (κ3) is 6.22. The second-order valence-corrected chi connectivity index (χ2v) is 5.81. The highest BCUT2D eigenvalue weighted by molar-refractivity contribution is 5.86. The Kier molecular flexibility index (Phi) is 6.98. The minimum atomic E-state index is -1.14. The molecule has 0 bridgehead atoms. The highest BCUT2D eigenvalue weighted by Gasteiger charge is 2.23. The molecule has 1 aromatic carbocycles. The molecule has 1 aromatic rings. The quantitative estimate of drug-likeness (QED) is 0.681. The average Bonchev–Trinajstić information content (AvgIpc) is 2.45. The van der Waals surface area contributed by atoms with E-state index in [9.17, 15) is 19.1 Å². The van der Waals surface area contributed by atoms with Crippen LogP contribution in [0.3, 0.4) is 0 Å². The van der Waals surface area contributed by atoms with E-state index >= 15 is 0 Å². The Morgan fingerprint density at radius 1 is 1.23 bits per heavy atom. The molecule has 0 aliphatic rings. The molecule has 0 spiro atoms. The number of nitrogens with two attached hydrogens (primary N) is 1. The number of carboxylic acid groups (broad SMARTS) is 1. The van der Waals surface area contributed by atoms with Gasteiger partial charge in [0.2, 0.25) is 5.91 Å². The second-order valence-electron chi connectivity index (χ2n) is 5.81. The smallest absolute Gasteiger partial charge is 0.326 e. The minimum absolute atomic E-state index is 0.0816. The number of benzene rings is 1. The topological polar surface area (TPSA) is 92.4 Å². The minimum Gasteiger partial charge on any atom is -0.480 e. The number of hydrogen-bond donors (Lipinski definition) is 3. The van der Waals surface area contributed by atoms with Crippen molar-refractivity contribution in [2.24, 2.45) is 11.7 Å². The molecule has 0 aromatic heterocycles. The van der Waals surface area contributed by atoms with Crippen molar-refractivity contribution in [3.8, 4) is 0 Å². The van der Waals surface area contributed by atoms with Crippen molar-refractivity contribution >= 4 is 11.9 Å². The Bertz CT molecular complexity index is 503. The van der Waals surface area contributed by atoms with Gasteiger partial charge in [0.15, 0.2) is 0 Å². The van der Waals surface area contributed by atoms with Gasteiger partial charge in [-0.2, -0.15) is 0 Å². The van der Waals surface area contributed by atoms with E-state index in [-0.39, 0.29) is 6.42 Å². The van der Waals surface area contributed by atoms with Crippen LogP contribution in [0.1, 0.15) is 32.3 Å². The normalized spacial score (nSPS) is 13.7. The van der Waals surface area contributed by atoms with Crippen LogP contribution in [-0.2, 0) is 16.0 Å². The summed E-state index contributed by atoms with van der Waals surface area (Å²) >= 11 is 0. The van der Waals surface area contributed by atoms with Crippen LogP contribution in [0.15, 0.2) is 24.3 Å². The molecular formula is C16H23FN2O3. The maximum Gasteiger partial charge on any atom is 0.326 e. The summed E-state index contributed by atoms with van der Waals surface area (Å²) < 4.78 is 12.8. The lowest BCUT2D eigenvalue weighted by Gasteiger charge is -2.18. The van der Waals surface area contributed by atoms with E-state index in [4.69, 9.17) is 5.73 Å². The first kappa shape index (κ1) is 18.1. The van der Waals surface area contributed by atoms with Gasteiger partial charge in [-0.3, -0.25) is 4.79 Å². The fraction of sp³-hybridized carbons (Fsp3) is 0.500. The van der Waals surface area contributed by atoms with Gasteiger partial charge in [-0.15, -0.1) is 0 Å². The fourth-order valence-corrected chi connectivity index (χ4v) is 1.98. The zero-order chi connectivity index (χ0) is 16.7. The molecule has 0 saturated carbocycles. The van der Waals surface area contributed by atoms with Crippen LogP contribution < -0.4 is 11.1 Å². The van der Waals surface area contributed by atoms with Crippen molar-refractivity contribution in [3.63, 3.8) is 0 Å². The lowest BCUT2D eigenvalue weighted by molar-refractivity contribution is -0.142.